The first kappa shape index (κ1) is 11.1. The van der Waals surface area contributed by atoms with Crippen molar-refractivity contribution in [3.8, 4) is 11.8 Å². The maximum Gasteiger partial charge on any atom is 0.229 e. The quantitative estimate of drug-likeness (QED) is 0.784. The van der Waals surface area contributed by atoms with Crippen molar-refractivity contribution in [2.24, 2.45) is 5.73 Å². The first-order valence-electron chi connectivity index (χ1n) is 3.81. The number of carbonyl (C=O) groups excluding carboxylic acids is 1. The summed E-state index contributed by atoms with van der Waals surface area (Å²) >= 11 is 9.09. The molecule has 0 heterocycles. The average molecular weight is 273 g/mol. The lowest BCUT2D eigenvalue weighted by Crippen LogP contribution is -2.08. The maximum absolute atomic E-state index is 10.4. The molecule has 1 rings (SSSR count). The Kier molecular flexibility index (Phi) is 3.99. The predicted octanol–water partition coefficient (Wildman–Crippen LogP) is 2.33. The summed E-state index contributed by atoms with van der Waals surface area (Å²) in [6.45, 7) is 0. The zero-order valence-corrected chi connectivity index (χ0v) is 9.52. The largest absolute Gasteiger partial charge is 0.369 e. The van der Waals surface area contributed by atoms with Gasteiger partial charge in [-0.05, 0) is 18.2 Å². The van der Waals surface area contributed by atoms with Crippen LogP contribution in [0.4, 0.5) is 0 Å². The SMILES string of the molecule is NC(=O)CC#Cc1cc(Cl)cc(Br)c1. The molecule has 4 heteroatoms. The van der Waals surface area contributed by atoms with Crippen LogP contribution in [0.2, 0.25) is 5.02 Å². The van der Waals surface area contributed by atoms with Crippen molar-refractivity contribution in [1.82, 2.24) is 0 Å². The lowest BCUT2D eigenvalue weighted by Gasteiger charge is -1.94. The van der Waals surface area contributed by atoms with E-state index in [1.54, 1.807) is 12.1 Å². The van der Waals surface area contributed by atoms with Gasteiger partial charge in [0, 0.05) is 15.1 Å². The molecule has 0 spiro atoms. The van der Waals surface area contributed by atoms with Crippen molar-refractivity contribution in [2.75, 3.05) is 0 Å². The molecule has 0 atom stereocenters. The number of primary amides is 1. The summed E-state index contributed by atoms with van der Waals surface area (Å²) in [5.41, 5.74) is 5.69. The second-order valence-corrected chi connectivity index (χ2v) is 3.96. The zero-order chi connectivity index (χ0) is 10.6. The molecule has 0 aliphatic carbocycles. The van der Waals surface area contributed by atoms with Crippen LogP contribution in [0.5, 0.6) is 0 Å². The fraction of sp³-hybridized carbons (Fsp3) is 0.100. The van der Waals surface area contributed by atoms with E-state index in [9.17, 15) is 4.79 Å². The van der Waals surface area contributed by atoms with E-state index < -0.39 is 5.91 Å². The van der Waals surface area contributed by atoms with Crippen molar-refractivity contribution >= 4 is 33.4 Å². The fourth-order valence-electron chi connectivity index (χ4n) is 0.859. The lowest BCUT2D eigenvalue weighted by molar-refractivity contribution is -0.117. The van der Waals surface area contributed by atoms with E-state index in [1.165, 1.54) is 0 Å². The highest BCUT2D eigenvalue weighted by Gasteiger charge is 1.94. The van der Waals surface area contributed by atoms with Gasteiger partial charge in [0.25, 0.3) is 0 Å². The first-order valence-corrected chi connectivity index (χ1v) is 4.98. The Balaban J connectivity index is 2.84. The summed E-state index contributed by atoms with van der Waals surface area (Å²) in [6.07, 6.45) is 0.0597. The molecule has 0 radical (unpaired) electrons. The molecular formula is C10H7BrClNO. The molecule has 0 fully saturated rings. The summed E-state index contributed by atoms with van der Waals surface area (Å²) < 4.78 is 0.855. The van der Waals surface area contributed by atoms with Crippen LogP contribution in [0.1, 0.15) is 12.0 Å². The summed E-state index contributed by atoms with van der Waals surface area (Å²) in [5.74, 6) is 5.01. The molecule has 0 aliphatic rings. The van der Waals surface area contributed by atoms with Crippen molar-refractivity contribution < 1.29 is 4.79 Å². The number of carbonyl (C=O) groups is 1. The van der Waals surface area contributed by atoms with Gasteiger partial charge in [-0.3, -0.25) is 4.79 Å². The van der Waals surface area contributed by atoms with Crippen LogP contribution >= 0.6 is 27.5 Å². The number of rotatable bonds is 1. The third-order valence-corrected chi connectivity index (χ3v) is 2.03. The van der Waals surface area contributed by atoms with Crippen LogP contribution in [0.3, 0.4) is 0 Å². The van der Waals surface area contributed by atoms with Crippen LogP contribution in [0, 0.1) is 11.8 Å². The smallest absolute Gasteiger partial charge is 0.229 e. The van der Waals surface area contributed by atoms with Gasteiger partial charge < -0.3 is 5.73 Å². The van der Waals surface area contributed by atoms with Gasteiger partial charge in [0.15, 0.2) is 0 Å². The highest BCUT2D eigenvalue weighted by atomic mass is 79.9. The minimum Gasteiger partial charge on any atom is -0.369 e. The van der Waals surface area contributed by atoms with Crippen molar-refractivity contribution in [1.29, 1.82) is 0 Å². The summed E-state index contributed by atoms with van der Waals surface area (Å²) in [7, 11) is 0. The van der Waals surface area contributed by atoms with E-state index in [2.05, 4.69) is 27.8 Å². The number of amides is 1. The second kappa shape index (κ2) is 5.04. The van der Waals surface area contributed by atoms with Gasteiger partial charge in [-0.1, -0.05) is 39.4 Å². The third kappa shape index (κ3) is 3.82. The Bertz CT molecular complexity index is 400. The van der Waals surface area contributed by atoms with E-state index in [4.69, 9.17) is 17.3 Å². The molecule has 0 bridgehead atoms. The van der Waals surface area contributed by atoms with Gasteiger partial charge in [0.2, 0.25) is 5.91 Å². The first-order chi connectivity index (χ1) is 6.58. The molecule has 0 saturated heterocycles. The molecular weight excluding hydrogens is 265 g/mol. The minimum atomic E-state index is -0.432. The molecule has 72 valence electrons. The van der Waals surface area contributed by atoms with Crippen LogP contribution < -0.4 is 5.73 Å². The average Bonchev–Trinajstić information content (AvgIpc) is 2.01. The molecule has 1 aromatic carbocycles. The second-order valence-electron chi connectivity index (χ2n) is 2.60. The normalized spacial score (nSPS) is 9.00. The molecule has 14 heavy (non-hydrogen) atoms. The van der Waals surface area contributed by atoms with E-state index in [0.29, 0.717) is 5.02 Å². The summed E-state index contributed by atoms with van der Waals surface area (Å²) in [6, 6.07) is 5.31. The van der Waals surface area contributed by atoms with Gasteiger partial charge >= 0.3 is 0 Å². The van der Waals surface area contributed by atoms with E-state index >= 15 is 0 Å². The summed E-state index contributed by atoms with van der Waals surface area (Å²) in [5, 5.41) is 0.600. The van der Waals surface area contributed by atoms with E-state index in [0.717, 1.165) is 10.0 Å². The maximum atomic E-state index is 10.4. The number of hydrogen-bond donors (Lipinski definition) is 1. The summed E-state index contributed by atoms with van der Waals surface area (Å²) in [4.78, 5) is 10.4. The molecule has 1 aromatic rings. The Hall–Kier alpha value is -0.980. The number of hydrogen-bond acceptors (Lipinski definition) is 1. The van der Waals surface area contributed by atoms with Crippen molar-refractivity contribution in [2.45, 2.75) is 6.42 Å². The highest BCUT2D eigenvalue weighted by Crippen LogP contribution is 2.18. The number of benzene rings is 1. The molecule has 0 unspecified atom stereocenters. The zero-order valence-electron chi connectivity index (χ0n) is 7.18. The molecule has 2 N–H and O–H groups in total. The fourth-order valence-corrected chi connectivity index (χ4v) is 1.72. The lowest BCUT2D eigenvalue weighted by atomic mass is 10.2. The molecule has 0 aromatic heterocycles. The van der Waals surface area contributed by atoms with Crippen LogP contribution in [-0.2, 0) is 4.79 Å². The van der Waals surface area contributed by atoms with Gasteiger partial charge in [-0.25, -0.2) is 0 Å². The van der Waals surface area contributed by atoms with Gasteiger partial charge in [-0.15, -0.1) is 0 Å². The Labute approximate surface area is 95.6 Å². The van der Waals surface area contributed by atoms with Crippen molar-refractivity contribution in [3.05, 3.63) is 33.3 Å². The Morgan fingerprint density at radius 1 is 1.50 bits per heavy atom. The van der Waals surface area contributed by atoms with Crippen LogP contribution in [0.15, 0.2) is 22.7 Å². The van der Waals surface area contributed by atoms with Crippen LogP contribution in [-0.4, -0.2) is 5.91 Å². The number of halogens is 2. The van der Waals surface area contributed by atoms with E-state index in [-0.39, 0.29) is 6.42 Å². The molecule has 0 saturated carbocycles. The minimum absolute atomic E-state index is 0.0597. The topological polar surface area (TPSA) is 43.1 Å². The van der Waals surface area contributed by atoms with Gasteiger partial charge in [0.1, 0.15) is 0 Å². The van der Waals surface area contributed by atoms with Crippen molar-refractivity contribution in [3.63, 3.8) is 0 Å². The van der Waals surface area contributed by atoms with E-state index in [1.807, 2.05) is 6.07 Å². The highest BCUT2D eigenvalue weighted by molar-refractivity contribution is 9.10. The molecule has 0 aliphatic heterocycles. The van der Waals surface area contributed by atoms with Crippen LogP contribution in [0.25, 0.3) is 0 Å². The van der Waals surface area contributed by atoms with Gasteiger partial charge in [-0.2, -0.15) is 0 Å². The third-order valence-electron chi connectivity index (χ3n) is 1.36. The molecule has 1 amide bonds. The Morgan fingerprint density at radius 3 is 2.79 bits per heavy atom. The van der Waals surface area contributed by atoms with Gasteiger partial charge in [0.05, 0.1) is 6.42 Å². The monoisotopic (exact) mass is 271 g/mol. The predicted molar refractivity (Wildman–Crippen MR) is 59.8 cm³/mol. The Morgan fingerprint density at radius 2 is 2.21 bits per heavy atom. The standard InChI is InChI=1S/C10H7BrClNO/c11-8-4-7(5-9(12)6-8)2-1-3-10(13)14/h4-6H,3H2,(H2,13,14). The molecule has 2 nitrogen and oxygen atoms in total. The number of nitrogens with two attached hydrogens (primary N) is 1.